The van der Waals surface area contributed by atoms with E-state index >= 15 is 0 Å². The van der Waals surface area contributed by atoms with Crippen molar-refractivity contribution in [1.82, 2.24) is 0 Å². The zero-order chi connectivity index (χ0) is 14.3. The van der Waals surface area contributed by atoms with Crippen LogP contribution >= 0.6 is 0 Å². The number of ketones is 1. The van der Waals surface area contributed by atoms with Gasteiger partial charge >= 0.3 is 0 Å². The first-order chi connectivity index (χ1) is 9.22. The Labute approximate surface area is 120 Å². The van der Waals surface area contributed by atoms with Crippen molar-refractivity contribution in [2.24, 2.45) is 5.73 Å². The van der Waals surface area contributed by atoms with Crippen LogP contribution in [0, 0.1) is 0 Å². The molecule has 2 heteroatoms. The molecule has 1 atom stereocenters. The van der Waals surface area contributed by atoms with Crippen LogP contribution in [0.25, 0.3) is 0 Å². The molecule has 0 spiro atoms. The topological polar surface area (TPSA) is 43.1 Å². The van der Waals surface area contributed by atoms with Gasteiger partial charge in [0.25, 0.3) is 0 Å². The van der Waals surface area contributed by atoms with E-state index in [1.807, 2.05) is 0 Å². The van der Waals surface area contributed by atoms with Crippen LogP contribution < -0.4 is 5.73 Å². The van der Waals surface area contributed by atoms with Crippen LogP contribution in [0.4, 0.5) is 0 Å². The second kappa shape index (κ2) is 14.0. The second-order valence-electron chi connectivity index (χ2n) is 5.79. The molecule has 2 N–H and O–H groups in total. The first-order valence-electron chi connectivity index (χ1n) is 8.50. The van der Waals surface area contributed by atoms with Crippen molar-refractivity contribution in [3.63, 3.8) is 0 Å². The summed E-state index contributed by atoms with van der Waals surface area (Å²) in [7, 11) is 0. The van der Waals surface area contributed by atoms with Gasteiger partial charge in [0.2, 0.25) is 0 Å². The van der Waals surface area contributed by atoms with E-state index < -0.39 is 0 Å². The molecule has 0 aliphatic carbocycles. The predicted molar refractivity (Wildman–Crippen MR) is 84.4 cm³/mol. The van der Waals surface area contributed by atoms with Gasteiger partial charge in [-0.25, -0.2) is 0 Å². The molecule has 0 saturated carbocycles. The molecular formula is C17H35NO. The highest BCUT2D eigenvalue weighted by atomic mass is 16.1. The fourth-order valence-electron chi connectivity index (χ4n) is 2.44. The Morgan fingerprint density at radius 1 is 0.789 bits per heavy atom. The maximum absolute atomic E-state index is 11.6. The van der Waals surface area contributed by atoms with Crippen molar-refractivity contribution in [3.8, 4) is 0 Å². The van der Waals surface area contributed by atoms with E-state index in [4.69, 9.17) is 5.73 Å². The van der Waals surface area contributed by atoms with E-state index in [0.29, 0.717) is 6.42 Å². The van der Waals surface area contributed by atoms with Crippen LogP contribution in [0.2, 0.25) is 0 Å². The molecule has 0 aromatic carbocycles. The van der Waals surface area contributed by atoms with E-state index in [1.54, 1.807) is 0 Å². The first kappa shape index (κ1) is 18.6. The number of carbonyl (C=O) groups is 1. The summed E-state index contributed by atoms with van der Waals surface area (Å²) in [6.45, 7) is 4.33. The highest BCUT2D eigenvalue weighted by molar-refractivity contribution is 5.83. The van der Waals surface area contributed by atoms with Crippen molar-refractivity contribution in [2.75, 3.05) is 0 Å². The predicted octanol–water partition coefficient (Wildman–Crippen LogP) is 4.99. The van der Waals surface area contributed by atoms with Crippen LogP contribution in [-0.2, 0) is 4.79 Å². The molecule has 0 saturated heterocycles. The van der Waals surface area contributed by atoms with Gasteiger partial charge in [-0.1, -0.05) is 78.1 Å². The van der Waals surface area contributed by atoms with Gasteiger partial charge in [-0.15, -0.1) is 0 Å². The van der Waals surface area contributed by atoms with E-state index in [-0.39, 0.29) is 11.8 Å². The molecule has 0 amide bonds. The summed E-state index contributed by atoms with van der Waals surface area (Å²) in [5.74, 6) is 0.265. The van der Waals surface area contributed by atoms with Crippen LogP contribution in [0.5, 0.6) is 0 Å². The highest BCUT2D eigenvalue weighted by Gasteiger charge is 2.11. The highest BCUT2D eigenvalue weighted by Crippen LogP contribution is 2.12. The summed E-state index contributed by atoms with van der Waals surface area (Å²) in [5.41, 5.74) is 5.80. The van der Waals surface area contributed by atoms with Crippen molar-refractivity contribution in [1.29, 1.82) is 0 Å². The molecule has 0 fully saturated rings. The molecule has 2 nitrogen and oxygen atoms in total. The van der Waals surface area contributed by atoms with E-state index in [0.717, 1.165) is 19.3 Å². The fourth-order valence-corrected chi connectivity index (χ4v) is 2.44. The molecule has 0 radical (unpaired) electrons. The Kier molecular flexibility index (Phi) is 13.8. The smallest absolute Gasteiger partial charge is 0.149 e. The van der Waals surface area contributed by atoms with Gasteiger partial charge in [0.15, 0.2) is 0 Å². The Balaban J connectivity index is 3.20. The SMILES string of the molecule is CCCCCCCCCCCCC(=O)C(N)CCC. The standard InChI is InChI=1S/C17H35NO/c1-3-5-6-7-8-9-10-11-12-13-15-17(19)16(18)14-4-2/h16H,3-15,18H2,1-2H3. The second-order valence-corrected chi connectivity index (χ2v) is 5.79. The lowest BCUT2D eigenvalue weighted by Gasteiger charge is -2.08. The molecule has 0 aromatic rings. The number of hydrogen-bond acceptors (Lipinski definition) is 2. The zero-order valence-electron chi connectivity index (χ0n) is 13.3. The van der Waals surface area contributed by atoms with Gasteiger partial charge in [0.1, 0.15) is 5.78 Å². The van der Waals surface area contributed by atoms with Gasteiger partial charge in [-0.3, -0.25) is 4.79 Å². The molecule has 1 unspecified atom stereocenters. The number of unbranched alkanes of at least 4 members (excludes halogenated alkanes) is 9. The summed E-state index contributed by atoms with van der Waals surface area (Å²) in [6, 6.07) is -0.205. The Bertz CT molecular complexity index is 203. The number of hydrogen-bond donors (Lipinski definition) is 1. The summed E-state index contributed by atoms with van der Waals surface area (Å²) in [5, 5.41) is 0. The Morgan fingerprint density at radius 3 is 1.74 bits per heavy atom. The normalized spacial score (nSPS) is 12.6. The monoisotopic (exact) mass is 269 g/mol. The van der Waals surface area contributed by atoms with Crippen LogP contribution in [0.1, 0.15) is 97.3 Å². The molecule has 0 aromatic heterocycles. The third kappa shape index (κ3) is 12.4. The minimum absolute atomic E-state index is 0.205. The van der Waals surface area contributed by atoms with Crippen molar-refractivity contribution >= 4 is 5.78 Å². The van der Waals surface area contributed by atoms with E-state index in [1.165, 1.54) is 57.8 Å². The Morgan fingerprint density at radius 2 is 1.26 bits per heavy atom. The lowest BCUT2D eigenvalue weighted by Crippen LogP contribution is -2.29. The molecule has 0 heterocycles. The molecule has 0 aliphatic heterocycles. The molecule has 0 bridgehead atoms. The van der Waals surface area contributed by atoms with Crippen LogP contribution in [-0.4, -0.2) is 11.8 Å². The minimum atomic E-state index is -0.205. The molecule has 19 heavy (non-hydrogen) atoms. The molecule has 114 valence electrons. The summed E-state index contributed by atoms with van der Waals surface area (Å²) < 4.78 is 0. The average molecular weight is 269 g/mol. The quantitative estimate of drug-likeness (QED) is 0.451. The van der Waals surface area contributed by atoms with Crippen molar-refractivity contribution < 1.29 is 4.79 Å². The maximum Gasteiger partial charge on any atom is 0.149 e. The molecule has 0 rings (SSSR count). The van der Waals surface area contributed by atoms with E-state index in [2.05, 4.69) is 13.8 Å². The summed E-state index contributed by atoms with van der Waals surface area (Å²) in [6.07, 6.45) is 15.7. The number of Topliss-reactive ketones (excluding diaryl/α,β-unsaturated/α-hetero) is 1. The van der Waals surface area contributed by atoms with E-state index in [9.17, 15) is 4.79 Å². The lowest BCUT2D eigenvalue weighted by molar-refractivity contribution is -0.120. The molecule has 0 aliphatic rings. The van der Waals surface area contributed by atoms with Crippen molar-refractivity contribution in [2.45, 2.75) is 103 Å². The van der Waals surface area contributed by atoms with Crippen molar-refractivity contribution in [3.05, 3.63) is 0 Å². The zero-order valence-corrected chi connectivity index (χ0v) is 13.3. The van der Waals surface area contributed by atoms with Gasteiger partial charge in [0.05, 0.1) is 6.04 Å². The number of carbonyl (C=O) groups excluding carboxylic acids is 1. The van der Waals surface area contributed by atoms with Crippen LogP contribution in [0.3, 0.4) is 0 Å². The molecular weight excluding hydrogens is 234 g/mol. The third-order valence-corrected chi connectivity index (χ3v) is 3.79. The van der Waals surface area contributed by atoms with Crippen LogP contribution in [0.15, 0.2) is 0 Å². The maximum atomic E-state index is 11.6. The number of rotatable bonds is 14. The minimum Gasteiger partial charge on any atom is -0.322 e. The van der Waals surface area contributed by atoms with Gasteiger partial charge in [-0.05, 0) is 12.8 Å². The summed E-state index contributed by atoms with van der Waals surface area (Å²) in [4.78, 5) is 11.6. The van der Waals surface area contributed by atoms with Gasteiger partial charge in [-0.2, -0.15) is 0 Å². The van der Waals surface area contributed by atoms with Gasteiger partial charge in [0, 0.05) is 6.42 Å². The third-order valence-electron chi connectivity index (χ3n) is 3.79. The first-order valence-corrected chi connectivity index (χ1v) is 8.50. The number of nitrogens with two attached hydrogens (primary N) is 1. The Hall–Kier alpha value is -0.370. The fraction of sp³-hybridized carbons (Fsp3) is 0.941. The summed E-state index contributed by atoms with van der Waals surface area (Å²) >= 11 is 0. The average Bonchev–Trinajstić information content (AvgIpc) is 2.41. The largest absolute Gasteiger partial charge is 0.322 e. The van der Waals surface area contributed by atoms with Gasteiger partial charge < -0.3 is 5.73 Å². The lowest BCUT2D eigenvalue weighted by atomic mass is 10.0.